The van der Waals surface area contributed by atoms with Gasteiger partial charge in [-0.1, -0.05) is 41.4 Å². The lowest BCUT2D eigenvalue weighted by atomic mass is 10.1. The van der Waals surface area contributed by atoms with Crippen molar-refractivity contribution >= 4 is 35.1 Å². The van der Waals surface area contributed by atoms with E-state index in [9.17, 15) is 4.79 Å². The third kappa shape index (κ3) is 4.09. The van der Waals surface area contributed by atoms with Gasteiger partial charge in [-0.25, -0.2) is 0 Å². The zero-order chi connectivity index (χ0) is 20.4. The fourth-order valence-corrected chi connectivity index (χ4v) is 3.43. The fraction of sp³-hybridized carbons (Fsp3) is 0.0870. The Hall–Kier alpha value is -2.95. The number of rotatable bonds is 5. The standard InChI is InChI=1S/C23H16Cl2O4/c1-27-15-7-5-14(6-8-15)13-28-16-9-10-17-21(11-16)29-22(23(17)26)12-18-19(24)3-2-4-20(18)25/h2-12H,13H2,1H3. The molecule has 0 aromatic heterocycles. The minimum Gasteiger partial charge on any atom is -0.497 e. The summed E-state index contributed by atoms with van der Waals surface area (Å²) in [7, 11) is 1.62. The van der Waals surface area contributed by atoms with Crippen LogP contribution >= 0.6 is 23.2 Å². The van der Waals surface area contributed by atoms with E-state index < -0.39 is 0 Å². The smallest absolute Gasteiger partial charge is 0.231 e. The van der Waals surface area contributed by atoms with Gasteiger partial charge in [-0.15, -0.1) is 0 Å². The second kappa shape index (κ2) is 8.19. The lowest BCUT2D eigenvalue weighted by molar-refractivity contribution is 0.101. The molecule has 0 aliphatic carbocycles. The molecule has 1 heterocycles. The Morgan fingerprint density at radius 3 is 2.34 bits per heavy atom. The second-order valence-electron chi connectivity index (χ2n) is 6.37. The van der Waals surface area contributed by atoms with Crippen molar-refractivity contribution in [1.29, 1.82) is 0 Å². The summed E-state index contributed by atoms with van der Waals surface area (Å²) in [6.45, 7) is 0.384. The van der Waals surface area contributed by atoms with Crippen LogP contribution in [-0.4, -0.2) is 12.9 Å². The molecule has 4 nitrogen and oxygen atoms in total. The third-order valence-electron chi connectivity index (χ3n) is 4.48. The molecule has 0 unspecified atom stereocenters. The normalized spacial score (nSPS) is 13.9. The number of allylic oxidation sites excluding steroid dienone is 1. The maximum absolute atomic E-state index is 12.6. The van der Waals surface area contributed by atoms with E-state index in [2.05, 4.69) is 0 Å². The lowest BCUT2D eigenvalue weighted by Gasteiger charge is -2.08. The third-order valence-corrected chi connectivity index (χ3v) is 5.14. The van der Waals surface area contributed by atoms with Crippen LogP contribution in [0.2, 0.25) is 10.0 Å². The van der Waals surface area contributed by atoms with Gasteiger partial charge >= 0.3 is 0 Å². The highest BCUT2D eigenvalue weighted by molar-refractivity contribution is 6.37. The number of ether oxygens (including phenoxy) is 3. The van der Waals surface area contributed by atoms with E-state index in [0.717, 1.165) is 11.3 Å². The van der Waals surface area contributed by atoms with Gasteiger partial charge in [-0.3, -0.25) is 4.79 Å². The first-order chi connectivity index (χ1) is 14.0. The number of ketones is 1. The highest BCUT2D eigenvalue weighted by Gasteiger charge is 2.28. The quantitative estimate of drug-likeness (QED) is 0.455. The van der Waals surface area contributed by atoms with Gasteiger partial charge in [0.1, 0.15) is 23.9 Å². The molecule has 3 aromatic rings. The summed E-state index contributed by atoms with van der Waals surface area (Å²) in [5.74, 6) is 1.78. The molecule has 1 aliphatic rings. The van der Waals surface area contributed by atoms with Crippen molar-refractivity contribution in [2.24, 2.45) is 0 Å². The van der Waals surface area contributed by atoms with E-state index in [1.165, 1.54) is 0 Å². The minimum absolute atomic E-state index is 0.169. The minimum atomic E-state index is -0.224. The molecule has 6 heteroatoms. The van der Waals surface area contributed by atoms with Gasteiger partial charge in [0.15, 0.2) is 5.76 Å². The van der Waals surface area contributed by atoms with Crippen LogP contribution in [0.25, 0.3) is 6.08 Å². The number of hydrogen-bond acceptors (Lipinski definition) is 4. The Kier molecular flexibility index (Phi) is 5.47. The van der Waals surface area contributed by atoms with Crippen LogP contribution in [0.3, 0.4) is 0 Å². The lowest BCUT2D eigenvalue weighted by Crippen LogP contribution is -1.98. The van der Waals surface area contributed by atoms with Crippen LogP contribution in [0.4, 0.5) is 0 Å². The Balaban J connectivity index is 1.51. The van der Waals surface area contributed by atoms with Gasteiger partial charge in [0.2, 0.25) is 5.78 Å². The first kappa shape index (κ1) is 19.4. The summed E-state index contributed by atoms with van der Waals surface area (Å²) in [5, 5.41) is 0.891. The van der Waals surface area contributed by atoms with Gasteiger partial charge in [-0.2, -0.15) is 0 Å². The Labute approximate surface area is 178 Å². The van der Waals surface area contributed by atoms with Crippen LogP contribution in [0.5, 0.6) is 17.2 Å². The molecule has 0 bridgehead atoms. The van der Waals surface area contributed by atoms with Crippen LogP contribution in [-0.2, 0) is 6.61 Å². The number of fused-ring (bicyclic) bond motifs is 1. The largest absolute Gasteiger partial charge is 0.497 e. The molecule has 0 radical (unpaired) electrons. The molecule has 1 aliphatic heterocycles. The number of benzene rings is 3. The van der Waals surface area contributed by atoms with Gasteiger partial charge in [0.25, 0.3) is 0 Å². The maximum Gasteiger partial charge on any atom is 0.231 e. The van der Waals surface area contributed by atoms with E-state index >= 15 is 0 Å². The predicted molar refractivity (Wildman–Crippen MR) is 113 cm³/mol. The zero-order valence-corrected chi connectivity index (χ0v) is 17.0. The molecule has 0 spiro atoms. The molecule has 0 N–H and O–H groups in total. The van der Waals surface area contributed by atoms with Gasteiger partial charge in [-0.05, 0) is 48.0 Å². The van der Waals surface area contributed by atoms with Crippen LogP contribution in [0, 0.1) is 0 Å². The molecule has 0 saturated heterocycles. The summed E-state index contributed by atoms with van der Waals surface area (Å²) >= 11 is 12.4. The number of carbonyl (C=O) groups is 1. The predicted octanol–water partition coefficient (Wildman–Crippen LogP) is 6.20. The van der Waals surface area contributed by atoms with E-state index in [1.54, 1.807) is 49.6 Å². The molecule has 146 valence electrons. The van der Waals surface area contributed by atoms with Crippen molar-refractivity contribution < 1.29 is 19.0 Å². The van der Waals surface area contributed by atoms with Crippen LogP contribution in [0.15, 0.2) is 66.4 Å². The summed E-state index contributed by atoms with van der Waals surface area (Å²) < 4.78 is 16.7. The Bertz CT molecular complexity index is 1080. The van der Waals surface area contributed by atoms with E-state index in [1.807, 2.05) is 24.3 Å². The molecule has 0 amide bonds. The molecular formula is C23H16Cl2O4. The summed E-state index contributed by atoms with van der Waals surface area (Å²) in [6, 6.07) is 17.9. The van der Waals surface area contributed by atoms with Crippen molar-refractivity contribution in [3.8, 4) is 17.2 Å². The maximum atomic E-state index is 12.6. The van der Waals surface area contributed by atoms with Gasteiger partial charge in [0, 0.05) is 21.7 Å². The Morgan fingerprint density at radius 2 is 1.66 bits per heavy atom. The Morgan fingerprint density at radius 1 is 0.966 bits per heavy atom. The summed E-state index contributed by atoms with van der Waals surface area (Å²) in [4.78, 5) is 12.6. The summed E-state index contributed by atoms with van der Waals surface area (Å²) in [6.07, 6.45) is 1.56. The first-order valence-corrected chi connectivity index (χ1v) is 9.59. The van der Waals surface area contributed by atoms with E-state index in [4.69, 9.17) is 37.4 Å². The van der Waals surface area contributed by atoms with Crippen molar-refractivity contribution in [2.45, 2.75) is 6.61 Å². The molecule has 29 heavy (non-hydrogen) atoms. The number of Topliss-reactive ketones (excluding diaryl/α,β-unsaturated/α-hetero) is 1. The molecule has 0 saturated carbocycles. The molecule has 0 atom stereocenters. The number of halogens is 2. The number of hydrogen-bond donors (Lipinski definition) is 0. The zero-order valence-electron chi connectivity index (χ0n) is 15.4. The van der Waals surface area contributed by atoms with Crippen molar-refractivity contribution in [3.63, 3.8) is 0 Å². The van der Waals surface area contributed by atoms with Crippen molar-refractivity contribution in [2.75, 3.05) is 7.11 Å². The van der Waals surface area contributed by atoms with Gasteiger partial charge in [0.05, 0.1) is 12.7 Å². The number of methoxy groups -OCH3 is 1. The van der Waals surface area contributed by atoms with Gasteiger partial charge < -0.3 is 14.2 Å². The first-order valence-electron chi connectivity index (χ1n) is 8.83. The summed E-state index contributed by atoms with van der Waals surface area (Å²) in [5.41, 5.74) is 2.01. The van der Waals surface area contributed by atoms with E-state index in [0.29, 0.717) is 39.3 Å². The SMILES string of the molecule is COc1ccc(COc2ccc3c(c2)OC(=Cc2c(Cl)cccc2Cl)C3=O)cc1. The van der Waals surface area contributed by atoms with Crippen molar-refractivity contribution in [3.05, 3.63) is 93.2 Å². The fourth-order valence-electron chi connectivity index (χ4n) is 2.93. The van der Waals surface area contributed by atoms with Crippen LogP contribution in [0.1, 0.15) is 21.5 Å². The molecule has 4 rings (SSSR count). The molecular weight excluding hydrogens is 411 g/mol. The monoisotopic (exact) mass is 426 g/mol. The van der Waals surface area contributed by atoms with E-state index in [-0.39, 0.29) is 11.5 Å². The second-order valence-corrected chi connectivity index (χ2v) is 7.18. The average Bonchev–Trinajstić information content (AvgIpc) is 3.04. The van der Waals surface area contributed by atoms with Crippen molar-refractivity contribution in [1.82, 2.24) is 0 Å². The molecule has 3 aromatic carbocycles. The molecule has 0 fully saturated rings. The average molecular weight is 427 g/mol. The van der Waals surface area contributed by atoms with Crippen LogP contribution < -0.4 is 14.2 Å². The highest BCUT2D eigenvalue weighted by atomic mass is 35.5. The topological polar surface area (TPSA) is 44.8 Å². The number of carbonyl (C=O) groups excluding carboxylic acids is 1. The highest BCUT2D eigenvalue weighted by Crippen LogP contribution is 2.36.